The monoisotopic (exact) mass is 951 g/mol. The number of carbonyl (C=O) groups excluding carboxylic acids is 4. The Morgan fingerprint density at radius 1 is 0.956 bits per heavy atom. The van der Waals surface area contributed by atoms with Crippen LogP contribution in [-0.2, 0) is 14.4 Å². The normalized spacial score (nSPS) is 21.8. The molecule has 2 aromatic carbocycles. The van der Waals surface area contributed by atoms with Crippen molar-refractivity contribution in [2.75, 3.05) is 51.3 Å². The fourth-order valence-corrected chi connectivity index (χ4v) is 10.4. The van der Waals surface area contributed by atoms with Crippen LogP contribution in [0.5, 0.6) is 11.5 Å². The van der Waals surface area contributed by atoms with Gasteiger partial charge in [-0.05, 0) is 68.1 Å². The fourth-order valence-electron chi connectivity index (χ4n) is 10.2. The summed E-state index contributed by atoms with van der Waals surface area (Å²) >= 11 is 6.25. The van der Waals surface area contributed by atoms with Crippen molar-refractivity contribution in [1.29, 1.82) is 10.5 Å². The van der Waals surface area contributed by atoms with Crippen LogP contribution in [0, 0.1) is 38.9 Å². The number of nitriles is 2. The van der Waals surface area contributed by atoms with Crippen LogP contribution in [0.4, 0.5) is 5.82 Å². The lowest BCUT2D eigenvalue weighted by Crippen LogP contribution is -2.74. The highest BCUT2D eigenvalue weighted by molar-refractivity contribution is 6.31. The zero-order valence-electron chi connectivity index (χ0n) is 40.7. The topological polar surface area (TPSA) is 213 Å². The van der Waals surface area contributed by atoms with E-state index in [-0.39, 0.29) is 43.3 Å². The molecule has 0 radical (unpaired) electrons. The maximum Gasteiger partial charge on any atom is 0.253 e. The first kappa shape index (κ1) is 51.5. The number of likely N-dealkylation sites (tertiary alicyclic amines) is 1. The summed E-state index contributed by atoms with van der Waals surface area (Å²) in [6.45, 7) is 19.6. The van der Waals surface area contributed by atoms with Gasteiger partial charge in [0.05, 0.1) is 47.0 Å². The standard InChI is InChI=1S/C51H66ClN9O7/c1-31(37-17-13-32(27-53)24-40(37)67-9)56-45(65)39-25-35(62)30-61(39)46(66)43(49(2,3)4)57-42(63)12-10-11-19-59-20-22-60(23-21-59)41-18-15-34(29-55-41)44(64)58-47-50(5,6)48(51(47,7)8)68-36-16-14-33(28-54)38(52)26-36/h13-18,24,26,29,31,35,39,43,47-48,62H,10-12,19-23,25,30H2,1-9H3,(H,56,65)(H,57,63)(H,58,64)/t31-,35+,39-,43?,47?,48?/m0/s1. The number of aliphatic hydroxyl groups excluding tert-OH is 1. The number of nitrogens with one attached hydrogen (secondary N) is 3. The van der Waals surface area contributed by atoms with Gasteiger partial charge in [0, 0.05) is 80.3 Å². The minimum Gasteiger partial charge on any atom is -0.496 e. The second kappa shape index (κ2) is 21.1. The molecule has 17 heteroatoms. The maximum atomic E-state index is 14.1. The zero-order chi connectivity index (χ0) is 49.7. The van der Waals surface area contributed by atoms with E-state index in [2.05, 4.69) is 70.6 Å². The molecule has 16 nitrogen and oxygen atoms in total. The fraction of sp³-hybridized carbons (Fsp3) is 0.549. The van der Waals surface area contributed by atoms with E-state index < -0.39 is 52.3 Å². The molecule has 3 aliphatic rings. The second-order valence-corrected chi connectivity index (χ2v) is 21.0. The number of anilines is 1. The molecule has 1 saturated carbocycles. The number of hydrogen-bond acceptors (Lipinski definition) is 12. The van der Waals surface area contributed by atoms with Crippen LogP contribution < -0.4 is 30.3 Å². The van der Waals surface area contributed by atoms with E-state index in [1.807, 2.05) is 26.8 Å². The predicted molar refractivity (Wildman–Crippen MR) is 258 cm³/mol. The SMILES string of the molecule is COc1cc(C#N)ccc1[C@H](C)NC(=O)[C@@H]1C[C@@H](O)CN1C(=O)C(NC(=O)CCCCN1CCN(c2ccc(C(=O)NC3C(C)(C)C(Oc4ccc(C#N)c(Cl)c4)C3(C)C)cn2)CC1)C(C)(C)C. The number of pyridine rings is 1. The Morgan fingerprint density at radius 3 is 2.26 bits per heavy atom. The number of aliphatic hydroxyl groups is 1. The highest BCUT2D eigenvalue weighted by Crippen LogP contribution is 2.55. The lowest BCUT2D eigenvalue weighted by atomic mass is 9.49. The number of hydrogen-bond donors (Lipinski definition) is 4. The van der Waals surface area contributed by atoms with E-state index in [9.17, 15) is 34.8 Å². The number of ether oxygens (including phenoxy) is 2. The van der Waals surface area contributed by atoms with Gasteiger partial charge in [0.1, 0.15) is 41.6 Å². The highest BCUT2D eigenvalue weighted by Gasteiger charge is 2.64. The minimum absolute atomic E-state index is 0.0321. The van der Waals surface area contributed by atoms with E-state index in [1.165, 1.54) is 12.0 Å². The summed E-state index contributed by atoms with van der Waals surface area (Å²) in [6.07, 6.45) is 2.21. The first-order valence-electron chi connectivity index (χ1n) is 23.4. The Kier molecular flexibility index (Phi) is 16.0. The highest BCUT2D eigenvalue weighted by atomic mass is 35.5. The van der Waals surface area contributed by atoms with Crippen molar-refractivity contribution in [2.45, 2.75) is 117 Å². The number of methoxy groups -OCH3 is 1. The average Bonchev–Trinajstić information content (AvgIpc) is 3.71. The summed E-state index contributed by atoms with van der Waals surface area (Å²) in [7, 11) is 1.49. The number of β-amino-alcohol motifs (C(OH)–C–C–N with tert-alkyl or cyclic N) is 1. The quantitative estimate of drug-likeness (QED) is 0.126. The van der Waals surface area contributed by atoms with Gasteiger partial charge in [-0.3, -0.25) is 24.1 Å². The van der Waals surface area contributed by atoms with E-state index in [4.69, 9.17) is 21.1 Å². The molecule has 3 heterocycles. The van der Waals surface area contributed by atoms with Crippen molar-refractivity contribution in [3.05, 3.63) is 82.0 Å². The van der Waals surface area contributed by atoms with E-state index >= 15 is 0 Å². The van der Waals surface area contributed by atoms with Gasteiger partial charge in [0.15, 0.2) is 0 Å². The molecule has 2 aliphatic heterocycles. The van der Waals surface area contributed by atoms with Gasteiger partial charge in [0.25, 0.3) is 5.91 Å². The summed E-state index contributed by atoms with van der Waals surface area (Å²) in [5, 5.41) is 38.6. The second-order valence-electron chi connectivity index (χ2n) is 20.6. The first-order chi connectivity index (χ1) is 32.1. The number of amides is 4. The number of piperazine rings is 1. The smallest absolute Gasteiger partial charge is 0.253 e. The Hall–Kier alpha value is -5.94. The molecule has 1 unspecified atom stereocenters. The number of nitrogens with zero attached hydrogens (tertiary/aromatic N) is 6. The summed E-state index contributed by atoms with van der Waals surface area (Å²) in [5.74, 6) is 0.506. The third kappa shape index (κ3) is 11.5. The van der Waals surface area contributed by atoms with Crippen LogP contribution in [-0.4, -0.2) is 120 Å². The van der Waals surface area contributed by atoms with Gasteiger partial charge in [-0.1, -0.05) is 66.1 Å². The van der Waals surface area contributed by atoms with Crippen molar-refractivity contribution in [1.82, 2.24) is 30.7 Å². The molecule has 4 N–H and O–H groups in total. The van der Waals surface area contributed by atoms with E-state index in [0.29, 0.717) is 45.2 Å². The van der Waals surface area contributed by atoms with Gasteiger partial charge in [-0.25, -0.2) is 4.98 Å². The Balaban J connectivity index is 0.931. The molecule has 68 heavy (non-hydrogen) atoms. The molecule has 0 bridgehead atoms. The summed E-state index contributed by atoms with van der Waals surface area (Å²) in [4.78, 5) is 65.2. The van der Waals surface area contributed by atoms with Crippen LogP contribution in [0.15, 0.2) is 54.7 Å². The third-order valence-electron chi connectivity index (χ3n) is 13.7. The zero-order valence-corrected chi connectivity index (χ0v) is 41.4. The molecule has 2 saturated heterocycles. The van der Waals surface area contributed by atoms with Crippen molar-refractivity contribution in [3.8, 4) is 23.6 Å². The lowest BCUT2D eigenvalue weighted by molar-refractivity contribution is -0.164. The summed E-state index contributed by atoms with van der Waals surface area (Å²) in [6, 6.07) is 15.3. The van der Waals surface area contributed by atoms with Crippen molar-refractivity contribution in [3.63, 3.8) is 0 Å². The van der Waals surface area contributed by atoms with Crippen molar-refractivity contribution in [2.24, 2.45) is 16.2 Å². The Morgan fingerprint density at radius 2 is 1.66 bits per heavy atom. The molecule has 3 aromatic rings. The molecule has 1 aliphatic carbocycles. The molecule has 4 atom stereocenters. The number of benzene rings is 2. The Bertz CT molecular complexity index is 2400. The Labute approximate surface area is 405 Å². The number of carbonyl (C=O) groups is 4. The molecule has 1 aromatic heterocycles. The van der Waals surface area contributed by atoms with Gasteiger partial charge >= 0.3 is 0 Å². The third-order valence-corrected chi connectivity index (χ3v) is 14.0. The van der Waals surface area contributed by atoms with Gasteiger partial charge in [0.2, 0.25) is 17.7 Å². The molecular weight excluding hydrogens is 886 g/mol. The van der Waals surface area contributed by atoms with Crippen LogP contribution in [0.3, 0.4) is 0 Å². The number of unbranched alkanes of at least 4 members (excludes halogenated alkanes) is 1. The average molecular weight is 953 g/mol. The van der Waals surface area contributed by atoms with Crippen molar-refractivity contribution < 1.29 is 33.8 Å². The number of halogens is 1. The predicted octanol–water partition coefficient (Wildman–Crippen LogP) is 5.76. The maximum absolute atomic E-state index is 14.1. The van der Waals surface area contributed by atoms with Crippen molar-refractivity contribution >= 4 is 41.0 Å². The minimum atomic E-state index is -0.939. The molecule has 364 valence electrons. The van der Waals surface area contributed by atoms with E-state index in [1.54, 1.807) is 55.6 Å². The number of rotatable bonds is 16. The summed E-state index contributed by atoms with van der Waals surface area (Å²) in [5.41, 5.74) is 0.466. The summed E-state index contributed by atoms with van der Waals surface area (Å²) < 4.78 is 11.8. The van der Waals surface area contributed by atoms with Gasteiger partial charge in [-0.15, -0.1) is 0 Å². The molecule has 0 spiro atoms. The largest absolute Gasteiger partial charge is 0.496 e. The van der Waals surface area contributed by atoms with Crippen LogP contribution in [0.1, 0.15) is 114 Å². The van der Waals surface area contributed by atoms with E-state index in [0.717, 1.165) is 45.0 Å². The molecular formula is C51H66ClN9O7. The lowest BCUT2D eigenvalue weighted by Gasteiger charge is -2.63. The van der Waals surface area contributed by atoms with Crippen LogP contribution in [0.2, 0.25) is 5.02 Å². The molecule has 4 amide bonds. The van der Waals surface area contributed by atoms with Crippen LogP contribution in [0.25, 0.3) is 0 Å². The van der Waals surface area contributed by atoms with Gasteiger partial charge in [-0.2, -0.15) is 10.5 Å². The molecule has 3 fully saturated rings. The van der Waals surface area contributed by atoms with Crippen LogP contribution >= 0.6 is 11.6 Å². The first-order valence-corrected chi connectivity index (χ1v) is 23.7. The van der Waals surface area contributed by atoms with Gasteiger partial charge < -0.3 is 40.3 Å². The molecule has 6 rings (SSSR count). The number of aromatic nitrogens is 1.